The van der Waals surface area contributed by atoms with E-state index in [9.17, 15) is 62.3 Å². The summed E-state index contributed by atoms with van der Waals surface area (Å²) in [6.45, 7) is 21.1. The smallest absolute Gasteiger partial charge is 0.245 e. The second-order valence-electron chi connectivity index (χ2n) is 33.0. The molecule has 0 rings (SSSR count). The van der Waals surface area contributed by atoms with E-state index in [1.54, 1.807) is 0 Å². The van der Waals surface area contributed by atoms with Gasteiger partial charge in [0.05, 0.1) is 192 Å². The highest BCUT2D eigenvalue weighted by atomic mass is 16.6. The highest BCUT2D eigenvalue weighted by molar-refractivity contribution is 5.91. The number of hydrogen-bond donors (Lipinski definition) is 5. The third kappa shape index (κ3) is 94.6. The summed E-state index contributed by atoms with van der Waals surface area (Å²) in [5.41, 5.74) is 0. The number of rotatable bonds is 113. The van der Waals surface area contributed by atoms with Crippen LogP contribution in [0.1, 0.15) is 259 Å². The van der Waals surface area contributed by atoms with Crippen molar-refractivity contribution in [3.63, 3.8) is 0 Å². The normalized spacial score (nSPS) is 12.1. The number of amides is 5. The molecule has 38 heteroatoms. The molecule has 0 aliphatic rings. The number of hydrogen-bond acceptors (Lipinski definition) is 33. The van der Waals surface area contributed by atoms with Gasteiger partial charge >= 0.3 is 0 Å². The first-order valence-corrected chi connectivity index (χ1v) is 50.9. The van der Waals surface area contributed by atoms with E-state index in [0.717, 1.165) is 25.7 Å². The lowest BCUT2D eigenvalue weighted by molar-refractivity contribution is -0.133. The van der Waals surface area contributed by atoms with E-state index in [-0.39, 0.29) is 235 Å². The Hall–Kier alpha value is -6.09. The Balaban J connectivity index is 6.23. The number of Topliss-reactive ketones (excluding diaryl/α,β-unsaturated/α-hetero) is 8. The summed E-state index contributed by atoms with van der Waals surface area (Å²) in [6, 6.07) is -2.06. The average molecular weight is 1970 g/mol. The topological polar surface area (TPSA) is 467 Å². The third-order valence-electron chi connectivity index (χ3n) is 20.6. The van der Waals surface area contributed by atoms with Crippen LogP contribution in [-0.4, -0.2) is 372 Å². The molecule has 38 nitrogen and oxygen atoms in total. The molecule has 0 aliphatic heterocycles. The standard InChI is InChI=1S/C99H179N5O33/c1-6-43-118-61-69-127-54-35-87(107)26-18-47-122-65-73-131-52-33-85(105)24-13-10-12-23-84(81-91(111)39-58-133-75-67-124-49-20-28-89(109)37-56-129-71-63-120-45-8-3)97(115)104-94(99(117)102-42-60-135-78-79-136-82-92(112)30-22-51-126-77-80-137-83-96(114)100-5)32-16-17-41-101-98(116)93(103-95(113)40-59-134-76-68-125-50-21-29-90(110)38-57-130-72-64-121-46-9-4)31-15-11-14-25-86(106)34-53-132-74-66-123-48-19-27-88(108)36-55-128-70-62-119-44-7-2/h84,93-94H,6-83H2,1-5H3,(H,100,114)(H,101,116)(H,102,117)(H,103,113)(H,104,115)/t84?,93-,94-/m0/s1. The fraction of sp³-hybridized carbons (Fsp3) is 0.869. The molecule has 137 heavy (non-hydrogen) atoms. The van der Waals surface area contributed by atoms with Gasteiger partial charge in [0.2, 0.25) is 29.5 Å². The largest absolute Gasteiger partial charge is 0.379 e. The van der Waals surface area contributed by atoms with Crippen LogP contribution in [0.15, 0.2) is 0 Å². The third-order valence-corrected chi connectivity index (χ3v) is 20.6. The predicted molar refractivity (Wildman–Crippen MR) is 513 cm³/mol. The number of likely N-dealkylation sites (N-methyl/N-ethyl adjacent to an activating group) is 1. The van der Waals surface area contributed by atoms with Crippen LogP contribution in [-0.2, 0) is 157 Å². The zero-order chi connectivity index (χ0) is 100. The molecule has 0 aliphatic carbocycles. The van der Waals surface area contributed by atoms with Crippen LogP contribution in [0.3, 0.4) is 0 Å². The maximum atomic E-state index is 14.7. The lowest BCUT2D eigenvalue weighted by atomic mass is 9.92. The average Bonchev–Trinajstić information content (AvgIpc) is 0.885. The lowest BCUT2D eigenvalue weighted by Gasteiger charge is -2.23. The molecule has 3 atom stereocenters. The summed E-state index contributed by atoms with van der Waals surface area (Å²) in [5, 5.41) is 14.1. The Morgan fingerprint density at radius 2 is 0.460 bits per heavy atom. The number of ether oxygens (including phenoxy) is 20. The van der Waals surface area contributed by atoms with E-state index >= 15 is 0 Å². The van der Waals surface area contributed by atoms with Gasteiger partial charge in [-0.2, -0.15) is 0 Å². The number of carbonyl (C=O) groups is 13. The van der Waals surface area contributed by atoms with Crippen molar-refractivity contribution < 1.29 is 157 Å². The predicted octanol–water partition coefficient (Wildman–Crippen LogP) is 8.56. The quantitative estimate of drug-likeness (QED) is 0.0356. The molecule has 0 heterocycles. The molecular weight excluding hydrogens is 1790 g/mol. The molecule has 0 spiro atoms. The highest BCUT2D eigenvalue weighted by Crippen LogP contribution is 2.19. The van der Waals surface area contributed by atoms with Gasteiger partial charge in [0.15, 0.2) is 5.78 Å². The number of nitrogens with one attached hydrogen (secondary N) is 5. The summed E-state index contributed by atoms with van der Waals surface area (Å²) >= 11 is 0. The molecule has 5 N–H and O–H groups in total. The van der Waals surface area contributed by atoms with Crippen LogP contribution in [0.2, 0.25) is 0 Å². The van der Waals surface area contributed by atoms with Gasteiger partial charge in [-0.15, -0.1) is 0 Å². The number of carbonyl (C=O) groups excluding carboxylic acids is 13. The fourth-order valence-electron chi connectivity index (χ4n) is 12.9. The molecular formula is C99H179N5O33. The van der Waals surface area contributed by atoms with Crippen molar-refractivity contribution in [3.8, 4) is 0 Å². The Bertz CT molecular complexity index is 2960. The number of ketones is 8. The zero-order valence-electron chi connectivity index (χ0n) is 84.4. The zero-order valence-corrected chi connectivity index (χ0v) is 84.4. The number of unbranched alkanes of at least 4 members (excludes halogenated alkanes) is 5. The van der Waals surface area contributed by atoms with Crippen LogP contribution in [0.5, 0.6) is 0 Å². The molecule has 798 valence electrons. The summed E-state index contributed by atoms with van der Waals surface area (Å²) in [4.78, 5) is 169. The van der Waals surface area contributed by atoms with Gasteiger partial charge in [-0.3, -0.25) is 62.3 Å². The van der Waals surface area contributed by atoms with Gasteiger partial charge in [-0.25, -0.2) is 0 Å². The monoisotopic (exact) mass is 1970 g/mol. The second-order valence-corrected chi connectivity index (χ2v) is 33.0. The maximum absolute atomic E-state index is 14.7. The Morgan fingerprint density at radius 1 is 0.197 bits per heavy atom. The minimum atomic E-state index is -1.11. The lowest BCUT2D eigenvalue weighted by Crippen LogP contribution is -2.49. The van der Waals surface area contributed by atoms with Crippen molar-refractivity contribution in [2.24, 2.45) is 5.92 Å². The van der Waals surface area contributed by atoms with E-state index in [1.807, 2.05) is 27.7 Å². The summed E-state index contributed by atoms with van der Waals surface area (Å²) < 4.78 is 111. The molecule has 0 aromatic rings. The van der Waals surface area contributed by atoms with E-state index in [0.29, 0.717) is 300 Å². The molecule has 5 amide bonds. The van der Waals surface area contributed by atoms with E-state index in [1.165, 1.54) is 7.05 Å². The highest BCUT2D eigenvalue weighted by Gasteiger charge is 2.28. The Morgan fingerprint density at radius 3 is 0.803 bits per heavy atom. The van der Waals surface area contributed by atoms with Crippen molar-refractivity contribution in [1.29, 1.82) is 0 Å². The Labute approximate surface area is 817 Å². The second kappa shape index (κ2) is 103. The molecule has 0 aromatic carbocycles. The fourth-order valence-corrected chi connectivity index (χ4v) is 12.9. The minimum Gasteiger partial charge on any atom is -0.379 e. The van der Waals surface area contributed by atoms with E-state index in [2.05, 4.69) is 26.6 Å². The van der Waals surface area contributed by atoms with E-state index < -0.39 is 41.6 Å². The first-order chi connectivity index (χ1) is 66.9. The summed E-state index contributed by atoms with van der Waals surface area (Å²) in [5.74, 6) is -3.05. The molecule has 0 fully saturated rings. The van der Waals surface area contributed by atoms with E-state index in [4.69, 9.17) is 94.7 Å². The molecule has 0 radical (unpaired) electrons. The molecule has 1 unspecified atom stereocenters. The van der Waals surface area contributed by atoms with Crippen molar-refractivity contribution in [1.82, 2.24) is 26.6 Å². The van der Waals surface area contributed by atoms with Crippen molar-refractivity contribution >= 4 is 75.8 Å². The van der Waals surface area contributed by atoms with Crippen LogP contribution in [0.4, 0.5) is 0 Å². The van der Waals surface area contributed by atoms with Gasteiger partial charge in [-0.05, 0) is 103 Å². The van der Waals surface area contributed by atoms with Gasteiger partial charge < -0.3 is 121 Å². The van der Waals surface area contributed by atoms with Crippen molar-refractivity contribution in [2.45, 2.75) is 271 Å². The van der Waals surface area contributed by atoms with Gasteiger partial charge in [0.1, 0.15) is 65.8 Å². The minimum absolute atomic E-state index is 0.00314. The first-order valence-electron chi connectivity index (χ1n) is 50.9. The maximum Gasteiger partial charge on any atom is 0.245 e. The van der Waals surface area contributed by atoms with Crippen molar-refractivity contribution in [2.75, 3.05) is 284 Å². The van der Waals surface area contributed by atoms with Crippen LogP contribution < -0.4 is 26.6 Å². The van der Waals surface area contributed by atoms with Gasteiger partial charge in [0, 0.05) is 188 Å². The van der Waals surface area contributed by atoms with Crippen molar-refractivity contribution in [3.05, 3.63) is 0 Å². The van der Waals surface area contributed by atoms with Gasteiger partial charge in [-0.1, -0.05) is 53.4 Å². The molecule has 0 saturated carbocycles. The van der Waals surface area contributed by atoms with Crippen LogP contribution in [0.25, 0.3) is 0 Å². The first kappa shape index (κ1) is 131. The van der Waals surface area contributed by atoms with Crippen LogP contribution in [0, 0.1) is 5.92 Å². The molecule has 0 aromatic heterocycles. The summed E-state index contributed by atoms with van der Waals surface area (Å²) in [7, 11) is 1.52. The molecule has 0 saturated heterocycles. The summed E-state index contributed by atoms with van der Waals surface area (Å²) in [6.07, 6.45) is 14.6. The SMILES string of the molecule is CCCOCCOCCC(=O)CCCOCCOCCC(=O)CCCCCC(CC(=O)CCOCCOCCCC(=O)CCOCCOCCC)C(=O)N[C@@H](CCCCNC(=O)[C@H](CCCCCC(=O)CCOCCOCCCC(=O)CCOCCOCCC)NC(=O)CCOCCOCCCC(=O)CCOCCOCCC)C(=O)NCCOCCOCC(=O)CCCOCCOCC(=O)NC. The molecule has 0 bridgehead atoms. The van der Waals surface area contributed by atoms with Gasteiger partial charge in [0.25, 0.3) is 0 Å². The Kier molecular flexibility index (Phi) is 98.2. The van der Waals surface area contributed by atoms with Crippen LogP contribution >= 0.6 is 0 Å².